The summed E-state index contributed by atoms with van der Waals surface area (Å²) in [5.41, 5.74) is 0.0121. The summed E-state index contributed by atoms with van der Waals surface area (Å²) in [5, 5.41) is 21.8. The van der Waals surface area contributed by atoms with E-state index < -0.39 is 11.6 Å². The Hall–Kier alpha value is -2.32. The average molecular weight is 314 g/mol. The predicted octanol–water partition coefficient (Wildman–Crippen LogP) is 2.62. The van der Waals surface area contributed by atoms with Gasteiger partial charge < -0.3 is 15.2 Å². The molecule has 1 aromatic carbocycles. The minimum Gasteiger partial charge on any atom is -0.508 e. The molecule has 5 nitrogen and oxygen atoms in total. The van der Waals surface area contributed by atoms with E-state index in [-0.39, 0.29) is 17.2 Å². The van der Waals surface area contributed by atoms with Gasteiger partial charge in [-0.3, -0.25) is 0 Å². The lowest BCUT2D eigenvalue weighted by atomic mass is 9.83. The predicted molar refractivity (Wildman–Crippen MR) is 87.5 cm³/mol. The van der Waals surface area contributed by atoms with Crippen molar-refractivity contribution in [2.45, 2.75) is 32.3 Å². The van der Waals surface area contributed by atoms with Crippen LogP contribution in [-0.2, 0) is 9.53 Å². The number of benzene rings is 1. The number of phenols is 1. The zero-order valence-corrected chi connectivity index (χ0v) is 13.5. The van der Waals surface area contributed by atoms with Crippen LogP contribution in [0.4, 0.5) is 0 Å². The number of rotatable bonds is 4. The van der Waals surface area contributed by atoms with Gasteiger partial charge in [0.05, 0.1) is 0 Å². The summed E-state index contributed by atoms with van der Waals surface area (Å²) in [4.78, 5) is 12.3. The number of phenolic OH excluding ortho intramolecular Hbond substituents is 1. The molecule has 0 unspecified atom stereocenters. The largest absolute Gasteiger partial charge is 0.508 e. The number of nitrogens with zero attached hydrogens (tertiary/aromatic N) is 1. The van der Waals surface area contributed by atoms with Gasteiger partial charge in [-0.2, -0.15) is 5.26 Å². The van der Waals surface area contributed by atoms with E-state index in [0.29, 0.717) is 5.56 Å². The lowest BCUT2D eigenvalue weighted by molar-refractivity contribution is -0.157. The van der Waals surface area contributed by atoms with E-state index in [0.717, 1.165) is 25.9 Å². The third kappa shape index (κ3) is 4.57. The van der Waals surface area contributed by atoms with Gasteiger partial charge in [-0.05, 0) is 63.6 Å². The van der Waals surface area contributed by atoms with Crippen molar-refractivity contribution in [2.75, 3.05) is 13.1 Å². The highest BCUT2D eigenvalue weighted by Crippen LogP contribution is 2.29. The van der Waals surface area contributed by atoms with Crippen LogP contribution in [0.5, 0.6) is 5.75 Å². The number of aromatic hydroxyl groups is 1. The molecule has 1 aliphatic rings. The summed E-state index contributed by atoms with van der Waals surface area (Å²) in [6, 6.07) is 8.19. The summed E-state index contributed by atoms with van der Waals surface area (Å²) in [5.74, 6) is -0.194. The molecule has 0 spiro atoms. The Morgan fingerprint density at radius 3 is 2.52 bits per heavy atom. The zero-order chi connectivity index (χ0) is 16.9. The standard InChI is InChI=1S/C18H22N2O3/c1-18(2,15-7-9-20-10-8-15)23-17(22)14(12-19)11-13-3-5-16(21)6-4-13/h3-6,11,15,20-21H,7-10H2,1-2H3/b14-11+. The maximum absolute atomic E-state index is 12.3. The molecule has 1 saturated heterocycles. The number of carbonyl (C=O) groups excluding carboxylic acids is 1. The number of ether oxygens (including phenoxy) is 1. The van der Waals surface area contributed by atoms with Crippen molar-refractivity contribution in [1.29, 1.82) is 5.26 Å². The van der Waals surface area contributed by atoms with Crippen molar-refractivity contribution < 1.29 is 14.6 Å². The Morgan fingerprint density at radius 2 is 1.96 bits per heavy atom. The van der Waals surface area contributed by atoms with Crippen molar-refractivity contribution in [1.82, 2.24) is 5.32 Å². The van der Waals surface area contributed by atoms with E-state index in [9.17, 15) is 15.2 Å². The van der Waals surface area contributed by atoms with Gasteiger partial charge in [-0.1, -0.05) is 12.1 Å². The number of hydrogen-bond donors (Lipinski definition) is 2. The SMILES string of the molecule is CC(C)(OC(=O)/C(C#N)=C/c1ccc(O)cc1)C1CCNCC1. The Morgan fingerprint density at radius 1 is 1.35 bits per heavy atom. The lowest BCUT2D eigenvalue weighted by Gasteiger charge is -2.36. The molecule has 0 aliphatic carbocycles. The summed E-state index contributed by atoms with van der Waals surface area (Å²) in [6.45, 7) is 5.63. The quantitative estimate of drug-likeness (QED) is 0.507. The first-order valence-corrected chi connectivity index (χ1v) is 7.77. The third-order valence-electron chi connectivity index (χ3n) is 4.22. The van der Waals surface area contributed by atoms with Crippen LogP contribution < -0.4 is 5.32 Å². The number of carbonyl (C=O) groups is 1. The van der Waals surface area contributed by atoms with Gasteiger partial charge in [0.2, 0.25) is 0 Å². The topological polar surface area (TPSA) is 82.4 Å². The van der Waals surface area contributed by atoms with Gasteiger partial charge in [-0.25, -0.2) is 4.79 Å². The molecule has 2 rings (SSSR count). The van der Waals surface area contributed by atoms with Gasteiger partial charge in [0, 0.05) is 5.92 Å². The number of nitrogens with one attached hydrogen (secondary N) is 1. The first-order chi connectivity index (χ1) is 10.9. The molecule has 122 valence electrons. The Kier molecular flexibility index (Phi) is 5.41. The van der Waals surface area contributed by atoms with E-state index >= 15 is 0 Å². The highest BCUT2D eigenvalue weighted by Gasteiger charge is 2.34. The summed E-state index contributed by atoms with van der Waals surface area (Å²) in [7, 11) is 0. The molecule has 0 aromatic heterocycles. The average Bonchev–Trinajstić information content (AvgIpc) is 2.54. The second-order valence-electron chi connectivity index (χ2n) is 6.28. The summed E-state index contributed by atoms with van der Waals surface area (Å²) >= 11 is 0. The lowest BCUT2D eigenvalue weighted by Crippen LogP contribution is -2.43. The molecule has 0 saturated carbocycles. The molecule has 5 heteroatoms. The molecule has 2 N–H and O–H groups in total. The molecule has 0 radical (unpaired) electrons. The van der Waals surface area contributed by atoms with E-state index in [2.05, 4.69) is 5.32 Å². The Labute approximate surface area is 136 Å². The fraction of sp³-hybridized carbons (Fsp3) is 0.444. The van der Waals surface area contributed by atoms with Gasteiger partial charge in [0.25, 0.3) is 0 Å². The van der Waals surface area contributed by atoms with Crippen molar-refractivity contribution in [3.8, 4) is 11.8 Å². The second kappa shape index (κ2) is 7.30. The van der Waals surface area contributed by atoms with Crippen LogP contribution in [-0.4, -0.2) is 29.8 Å². The normalized spacial score (nSPS) is 16.7. The minimum absolute atomic E-state index is 0.0438. The molecule has 0 bridgehead atoms. The first-order valence-electron chi connectivity index (χ1n) is 7.77. The molecule has 1 aliphatic heterocycles. The zero-order valence-electron chi connectivity index (χ0n) is 13.5. The number of esters is 1. The Balaban J connectivity index is 2.10. The van der Waals surface area contributed by atoms with Crippen molar-refractivity contribution in [2.24, 2.45) is 5.92 Å². The smallest absolute Gasteiger partial charge is 0.349 e. The maximum Gasteiger partial charge on any atom is 0.349 e. The molecule has 1 heterocycles. The molecular weight excluding hydrogens is 292 g/mol. The maximum atomic E-state index is 12.3. The summed E-state index contributed by atoms with van der Waals surface area (Å²) in [6.07, 6.45) is 3.37. The third-order valence-corrected chi connectivity index (χ3v) is 4.22. The van der Waals surface area contributed by atoms with Crippen LogP contribution in [0.3, 0.4) is 0 Å². The molecule has 23 heavy (non-hydrogen) atoms. The molecule has 1 aromatic rings. The highest BCUT2D eigenvalue weighted by molar-refractivity contribution is 5.98. The fourth-order valence-corrected chi connectivity index (χ4v) is 2.77. The second-order valence-corrected chi connectivity index (χ2v) is 6.28. The van der Waals surface area contributed by atoms with Crippen LogP contribution in [0.15, 0.2) is 29.8 Å². The number of piperidine rings is 1. The van der Waals surface area contributed by atoms with Gasteiger partial charge in [-0.15, -0.1) is 0 Å². The summed E-state index contributed by atoms with van der Waals surface area (Å²) < 4.78 is 5.62. The van der Waals surface area contributed by atoms with Crippen LogP contribution in [0.25, 0.3) is 6.08 Å². The van der Waals surface area contributed by atoms with Gasteiger partial charge in [0.1, 0.15) is 23.0 Å². The number of hydrogen-bond acceptors (Lipinski definition) is 5. The minimum atomic E-state index is -0.607. The van der Waals surface area contributed by atoms with Gasteiger partial charge in [0.15, 0.2) is 0 Å². The van der Waals surface area contributed by atoms with Crippen molar-refractivity contribution >= 4 is 12.0 Å². The molecule has 0 atom stereocenters. The Bertz CT molecular complexity index is 621. The number of nitriles is 1. The van der Waals surface area contributed by atoms with Crippen LogP contribution >= 0.6 is 0 Å². The van der Waals surface area contributed by atoms with E-state index in [1.807, 2.05) is 19.9 Å². The molecule has 1 fully saturated rings. The van der Waals surface area contributed by atoms with E-state index in [1.54, 1.807) is 12.1 Å². The van der Waals surface area contributed by atoms with Crippen molar-refractivity contribution in [3.05, 3.63) is 35.4 Å². The van der Waals surface area contributed by atoms with E-state index in [4.69, 9.17) is 4.74 Å². The first kappa shape index (κ1) is 17.0. The van der Waals surface area contributed by atoms with E-state index in [1.165, 1.54) is 18.2 Å². The molecular formula is C18H22N2O3. The highest BCUT2D eigenvalue weighted by atomic mass is 16.6. The van der Waals surface area contributed by atoms with Crippen LogP contribution in [0.2, 0.25) is 0 Å². The monoisotopic (exact) mass is 314 g/mol. The van der Waals surface area contributed by atoms with Crippen molar-refractivity contribution in [3.63, 3.8) is 0 Å². The van der Waals surface area contributed by atoms with Crippen LogP contribution in [0.1, 0.15) is 32.3 Å². The van der Waals surface area contributed by atoms with Gasteiger partial charge >= 0.3 is 5.97 Å². The van der Waals surface area contributed by atoms with Crippen LogP contribution in [0, 0.1) is 17.2 Å². The molecule has 0 amide bonds. The fourth-order valence-electron chi connectivity index (χ4n) is 2.77.